The standard InChI is InChI=1S/C15H15NO2/c1-18-15(17)14-11-13(9-10-16-14)8-7-12-5-3-2-4-6-12/h2-6,9-11H,7-8H2,1H3. The molecule has 0 aliphatic carbocycles. The van der Waals surface area contributed by atoms with Gasteiger partial charge >= 0.3 is 5.97 Å². The first kappa shape index (κ1) is 12.3. The summed E-state index contributed by atoms with van der Waals surface area (Å²) in [4.78, 5) is 15.3. The Morgan fingerprint density at radius 2 is 1.83 bits per heavy atom. The maximum atomic E-state index is 11.4. The number of carbonyl (C=O) groups excluding carboxylic acids is 1. The third-order valence-corrected chi connectivity index (χ3v) is 2.76. The highest BCUT2D eigenvalue weighted by Crippen LogP contribution is 2.08. The lowest BCUT2D eigenvalue weighted by Gasteiger charge is -2.04. The Bertz CT molecular complexity index is 523. The van der Waals surface area contributed by atoms with Gasteiger partial charge in [0.05, 0.1) is 7.11 Å². The minimum atomic E-state index is -0.392. The van der Waals surface area contributed by atoms with Gasteiger partial charge in [-0.3, -0.25) is 0 Å². The Morgan fingerprint density at radius 1 is 1.11 bits per heavy atom. The number of esters is 1. The van der Waals surface area contributed by atoms with E-state index in [-0.39, 0.29) is 0 Å². The number of hydrogen-bond donors (Lipinski definition) is 0. The molecule has 0 aliphatic heterocycles. The number of aryl methyl sites for hydroxylation is 2. The summed E-state index contributed by atoms with van der Waals surface area (Å²) in [6.45, 7) is 0. The van der Waals surface area contributed by atoms with Crippen LogP contribution in [0, 0.1) is 0 Å². The van der Waals surface area contributed by atoms with E-state index in [1.54, 1.807) is 12.3 Å². The highest BCUT2D eigenvalue weighted by molar-refractivity contribution is 5.87. The van der Waals surface area contributed by atoms with Gasteiger partial charge in [0.15, 0.2) is 0 Å². The minimum Gasteiger partial charge on any atom is -0.464 e. The molecule has 0 spiro atoms. The van der Waals surface area contributed by atoms with Crippen LogP contribution in [0.1, 0.15) is 21.6 Å². The molecule has 1 aromatic carbocycles. The molecule has 0 aliphatic rings. The molecule has 2 rings (SSSR count). The zero-order chi connectivity index (χ0) is 12.8. The van der Waals surface area contributed by atoms with Crippen LogP contribution in [0.25, 0.3) is 0 Å². The van der Waals surface area contributed by atoms with Gasteiger partial charge in [0, 0.05) is 6.20 Å². The molecule has 0 unspecified atom stereocenters. The Kier molecular flexibility index (Phi) is 4.07. The molecule has 0 fully saturated rings. The van der Waals surface area contributed by atoms with Crippen molar-refractivity contribution >= 4 is 5.97 Å². The molecule has 18 heavy (non-hydrogen) atoms. The van der Waals surface area contributed by atoms with Crippen LogP contribution >= 0.6 is 0 Å². The second kappa shape index (κ2) is 5.96. The monoisotopic (exact) mass is 241 g/mol. The van der Waals surface area contributed by atoms with E-state index >= 15 is 0 Å². The first-order valence-electron chi connectivity index (χ1n) is 5.87. The predicted octanol–water partition coefficient (Wildman–Crippen LogP) is 2.65. The summed E-state index contributed by atoms with van der Waals surface area (Å²) in [6.07, 6.45) is 3.48. The van der Waals surface area contributed by atoms with Crippen molar-refractivity contribution in [3.63, 3.8) is 0 Å². The van der Waals surface area contributed by atoms with Crippen molar-refractivity contribution in [3.8, 4) is 0 Å². The fraction of sp³-hybridized carbons (Fsp3) is 0.200. The molecule has 1 heterocycles. The van der Waals surface area contributed by atoms with Gasteiger partial charge in [-0.25, -0.2) is 9.78 Å². The third-order valence-electron chi connectivity index (χ3n) is 2.76. The van der Waals surface area contributed by atoms with Gasteiger partial charge in [-0.15, -0.1) is 0 Å². The van der Waals surface area contributed by atoms with E-state index in [9.17, 15) is 4.79 Å². The zero-order valence-electron chi connectivity index (χ0n) is 10.3. The Labute approximate surface area is 106 Å². The Balaban J connectivity index is 2.04. The summed E-state index contributed by atoms with van der Waals surface area (Å²) in [7, 11) is 1.36. The molecule has 1 aromatic heterocycles. The van der Waals surface area contributed by atoms with Crippen LogP contribution in [-0.4, -0.2) is 18.1 Å². The molecule has 0 saturated heterocycles. The van der Waals surface area contributed by atoms with Gasteiger partial charge in [-0.1, -0.05) is 30.3 Å². The summed E-state index contributed by atoms with van der Waals surface area (Å²) in [5, 5.41) is 0. The van der Waals surface area contributed by atoms with Crippen molar-refractivity contribution < 1.29 is 9.53 Å². The number of aromatic nitrogens is 1. The molecule has 3 nitrogen and oxygen atoms in total. The van der Waals surface area contributed by atoms with Crippen LogP contribution in [0.2, 0.25) is 0 Å². The average molecular weight is 241 g/mol. The number of benzene rings is 1. The van der Waals surface area contributed by atoms with Crippen LogP contribution in [0.15, 0.2) is 48.7 Å². The predicted molar refractivity (Wildman–Crippen MR) is 69.4 cm³/mol. The van der Waals surface area contributed by atoms with Crippen LogP contribution in [-0.2, 0) is 17.6 Å². The summed E-state index contributed by atoms with van der Waals surface area (Å²) < 4.78 is 4.65. The number of carbonyl (C=O) groups is 1. The Hall–Kier alpha value is -2.16. The van der Waals surface area contributed by atoms with E-state index < -0.39 is 5.97 Å². The molecular formula is C15H15NO2. The summed E-state index contributed by atoms with van der Waals surface area (Å²) in [5.74, 6) is -0.392. The average Bonchev–Trinajstić information content (AvgIpc) is 2.45. The van der Waals surface area contributed by atoms with Crippen molar-refractivity contribution in [3.05, 3.63) is 65.5 Å². The molecule has 0 saturated carbocycles. The topological polar surface area (TPSA) is 39.2 Å². The number of pyridine rings is 1. The molecule has 0 atom stereocenters. The molecular weight excluding hydrogens is 226 g/mol. The second-order valence-electron chi connectivity index (χ2n) is 4.03. The van der Waals surface area contributed by atoms with Gasteiger partial charge in [-0.05, 0) is 36.1 Å². The summed E-state index contributed by atoms with van der Waals surface area (Å²) >= 11 is 0. The first-order valence-corrected chi connectivity index (χ1v) is 5.87. The Morgan fingerprint density at radius 3 is 2.56 bits per heavy atom. The quantitative estimate of drug-likeness (QED) is 0.772. The molecule has 92 valence electrons. The molecule has 0 bridgehead atoms. The van der Waals surface area contributed by atoms with Crippen LogP contribution in [0.4, 0.5) is 0 Å². The van der Waals surface area contributed by atoms with E-state index in [2.05, 4.69) is 21.9 Å². The number of ether oxygens (including phenoxy) is 1. The van der Waals surface area contributed by atoms with Crippen LogP contribution in [0.3, 0.4) is 0 Å². The van der Waals surface area contributed by atoms with Gasteiger partial charge in [0.25, 0.3) is 0 Å². The van der Waals surface area contributed by atoms with E-state index in [1.807, 2.05) is 24.3 Å². The van der Waals surface area contributed by atoms with Gasteiger partial charge < -0.3 is 4.74 Å². The molecule has 2 aromatic rings. The highest BCUT2D eigenvalue weighted by Gasteiger charge is 2.07. The van der Waals surface area contributed by atoms with Crippen molar-refractivity contribution in [2.45, 2.75) is 12.8 Å². The SMILES string of the molecule is COC(=O)c1cc(CCc2ccccc2)ccn1. The fourth-order valence-corrected chi connectivity index (χ4v) is 1.78. The normalized spacial score (nSPS) is 10.1. The van der Waals surface area contributed by atoms with Crippen LogP contribution in [0.5, 0.6) is 0 Å². The largest absolute Gasteiger partial charge is 0.464 e. The maximum absolute atomic E-state index is 11.4. The van der Waals surface area contributed by atoms with E-state index in [4.69, 9.17) is 0 Å². The molecule has 3 heteroatoms. The maximum Gasteiger partial charge on any atom is 0.356 e. The highest BCUT2D eigenvalue weighted by atomic mass is 16.5. The third kappa shape index (κ3) is 3.17. The fourth-order valence-electron chi connectivity index (χ4n) is 1.78. The van der Waals surface area contributed by atoms with E-state index in [1.165, 1.54) is 12.7 Å². The number of rotatable bonds is 4. The second-order valence-corrected chi connectivity index (χ2v) is 4.03. The van der Waals surface area contributed by atoms with E-state index in [0.29, 0.717) is 5.69 Å². The molecule has 0 radical (unpaired) electrons. The first-order chi connectivity index (χ1) is 8.79. The lowest BCUT2D eigenvalue weighted by Crippen LogP contribution is -2.05. The van der Waals surface area contributed by atoms with Crippen molar-refractivity contribution in [2.75, 3.05) is 7.11 Å². The summed E-state index contributed by atoms with van der Waals surface area (Å²) in [5.41, 5.74) is 2.74. The smallest absolute Gasteiger partial charge is 0.356 e. The van der Waals surface area contributed by atoms with Crippen molar-refractivity contribution in [1.82, 2.24) is 4.98 Å². The molecule has 0 amide bonds. The lowest BCUT2D eigenvalue weighted by atomic mass is 10.0. The van der Waals surface area contributed by atoms with Crippen LogP contribution < -0.4 is 0 Å². The van der Waals surface area contributed by atoms with Gasteiger partial charge in [-0.2, -0.15) is 0 Å². The zero-order valence-corrected chi connectivity index (χ0v) is 10.3. The minimum absolute atomic E-state index is 0.364. The van der Waals surface area contributed by atoms with Gasteiger partial charge in [0.2, 0.25) is 0 Å². The summed E-state index contributed by atoms with van der Waals surface area (Å²) in [6, 6.07) is 14.0. The van der Waals surface area contributed by atoms with Crippen molar-refractivity contribution in [2.24, 2.45) is 0 Å². The lowest BCUT2D eigenvalue weighted by molar-refractivity contribution is 0.0594. The van der Waals surface area contributed by atoms with Gasteiger partial charge in [0.1, 0.15) is 5.69 Å². The molecule has 0 N–H and O–H groups in total. The number of methoxy groups -OCH3 is 1. The number of hydrogen-bond acceptors (Lipinski definition) is 3. The van der Waals surface area contributed by atoms with Crippen molar-refractivity contribution in [1.29, 1.82) is 0 Å². The number of nitrogens with zero attached hydrogens (tertiary/aromatic N) is 1. The van der Waals surface area contributed by atoms with E-state index in [0.717, 1.165) is 18.4 Å².